The van der Waals surface area contributed by atoms with Crippen LogP contribution in [0.15, 0.2) is 36.1 Å². The average Bonchev–Trinajstić information content (AvgIpc) is 2.32. The fraction of sp³-hybridized carbons (Fsp3) is 0.357. The molecule has 2 N–H and O–H groups in total. The zero-order chi connectivity index (χ0) is 15.3. The molecule has 20 heavy (non-hydrogen) atoms. The maximum Gasteiger partial charge on any atom is 0.328 e. The predicted octanol–water partition coefficient (Wildman–Crippen LogP) is 1.81. The van der Waals surface area contributed by atoms with Gasteiger partial charge in [-0.15, -0.1) is 0 Å². The van der Waals surface area contributed by atoms with Crippen LogP contribution in [0.5, 0.6) is 0 Å². The number of carbonyl (C=O) groups excluding carboxylic acids is 2. The number of imide groups is 1. The number of urea groups is 1. The van der Waals surface area contributed by atoms with Gasteiger partial charge in [0.2, 0.25) is 5.91 Å². The molecule has 1 fully saturated rings. The number of carbonyl (C=O) groups is 3. The Morgan fingerprint density at radius 3 is 2.65 bits per heavy atom. The zero-order valence-corrected chi connectivity index (χ0v) is 11.5. The number of amides is 3. The molecule has 1 aliphatic rings. The lowest BCUT2D eigenvalue weighted by molar-refractivity contribution is -0.146. The molecule has 0 aliphatic carbocycles. The molecule has 0 bridgehead atoms. The van der Waals surface area contributed by atoms with Gasteiger partial charge in [0, 0.05) is 12.1 Å². The van der Waals surface area contributed by atoms with Gasteiger partial charge in [0.25, 0.3) is 0 Å². The van der Waals surface area contributed by atoms with Gasteiger partial charge in [0.15, 0.2) is 0 Å². The molecule has 108 valence electrons. The summed E-state index contributed by atoms with van der Waals surface area (Å²) in [7, 11) is 0. The highest BCUT2D eigenvalue weighted by Crippen LogP contribution is 2.22. The molecule has 0 spiro atoms. The fourth-order valence-electron chi connectivity index (χ4n) is 1.79. The Kier molecular flexibility index (Phi) is 5.25. The number of β-lactam (4-membered cyclic amide) rings is 1. The minimum Gasteiger partial charge on any atom is -0.481 e. The SMILES string of the molecule is C=C(C)/C(=C\C=C/C)NC(=O)N1C(=O)CC1CC(=O)O. The second-order valence-corrected chi connectivity index (χ2v) is 4.54. The van der Waals surface area contributed by atoms with Crippen LogP contribution in [0.4, 0.5) is 4.79 Å². The van der Waals surface area contributed by atoms with Gasteiger partial charge in [-0.2, -0.15) is 0 Å². The molecule has 0 aromatic rings. The van der Waals surface area contributed by atoms with Crippen LogP contribution in [0.25, 0.3) is 0 Å². The van der Waals surface area contributed by atoms with Gasteiger partial charge in [-0.3, -0.25) is 14.5 Å². The van der Waals surface area contributed by atoms with Crippen molar-refractivity contribution in [2.45, 2.75) is 32.7 Å². The van der Waals surface area contributed by atoms with E-state index in [-0.39, 0.29) is 18.7 Å². The number of likely N-dealkylation sites (tertiary alicyclic amines) is 1. The molecule has 3 amide bonds. The number of aliphatic carboxylic acids is 1. The lowest BCUT2D eigenvalue weighted by Gasteiger charge is -2.37. The van der Waals surface area contributed by atoms with E-state index in [1.165, 1.54) is 0 Å². The molecule has 1 aliphatic heterocycles. The Bertz CT molecular complexity index is 505. The van der Waals surface area contributed by atoms with Crippen molar-refractivity contribution in [1.29, 1.82) is 0 Å². The van der Waals surface area contributed by atoms with Crippen LogP contribution in [0.1, 0.15) is 26.7 Å². The van der Waals surface area contributed by atoms with Crippen LogP contribution in [-0.2, 0) is 9.59 Å². The van der Waals surface area contributed by atoms with Gasteiger partial charge in [-0.1, -0.05) is 18.7 Å². The van der Waals surface area contributed by atoms with E-state index in [0.29, 0.717) is 11.3 Å². The summed E-state index contributed by atoms with van der Waals surface area (Å²) in [6, 6.07) is -1.20. The van der Waals surface area contributed by atoms with Crippen molar-refractivity contribution in [3.63, 3.8) is 0 Å². The Morgan fingerprint density at radius 2 is 2.20 bits per heavy atom. The summed E-state index contributed by atoms with van der Waals surface area (Å²) in [4.78, 5) is 35.0. The molecule has 6 heteroatoms. The first-order chi connectivity index (χ1) is 9.36. The fourth-order valence-corrected chi connectivity index (χ4v) is 1.79. The van der Waals surface area contributed by atoms with Crippen molar-refractivity contribution in [2.24, 2.45) is 0 Å². The number of rotatable bonds is 5. The first-order valence-corrected chi connectivity index (χ1v) is 6.20. The molecule has 0 saturated carbocycles. The molecule has 0 aromatic carbocycles. The van der Waals surface area contributed by atoms with Gasteiger partial charge in [0.05, 0.1) is 12.5 Å². The van der Waals surface area contributed by atoms with Crippen molar-refractivity contribution in [3.05, 3.63) is 36.1 Å². The van der Waals surface area contributed by atoms with Crippen LogP contribution in [0, 0.1) is 0 Å². The van der Waals surface area contributed by atoms with Crippen LogP contribution < -0.4 is 5.32 Å². The molecular weight excluding hydrogens is 260 g/mol. The van der Waals surface area contributed by atoms with E-state index in [0.717, 1.165) is 4.90 Å². The van der Waals surface area contributed by atoms with Gasteiger partial charge in [-0.05, 0) is 25.5 Å². The summed E-state index contributed by atoms with van der Waals surface area (Å²) in [5, 5.41) is 11.3. The molecule has 1 rings (SSSR count). The van der Waals surface area contributed by atoms with Gasteiger partial charge in [-0.25, -0.2) is 4.79 Å². The summed E-state index contributed by atoms with van der Waals surface area (Å²) < 4.78 is 0. The number of hydrogen-bond donors (Lipinski definition) is 2. The van der Waals surface area contributed by atoms with Gasteiger partial charge >= 0.3 is 12.0 Å². The first kappa shape index (κ1) is 15.7. The number of carboxylic acids is 1. The second-order valence-electron chi connectivity index (χ2n) is 4.54. The largest absolute Gasteiger partial charge is 0.481 e. The van der Waals surface area contributed by atoms with E-state index in [9.17, 15) is 14.4 Å². The van der Waals surface area contributed by atoms with Crippen molar-refractivity contribution in [1.82, 2.24) is 10.2 Å². The van der Waals surface area contributed by atoms with Crippen molar-refractivity contribution in [2.75, 3.05) is 0 Å². The lowest BCUT2D eigenvalue weighted by Crippen LogP contribution is -2.59. The lowest BCUT2D eigenvalue weighted by atomic mass is 9.99. The number of nitrogens with zero attached hydrogens (tertiary/aromatic N) is 1. The van der Waals surface area contributed by atoms with Crippen LogP contribution >= 0.6 is 0 Å². The number of allylic oxidation sites excluding steroid dienone is 4. The maximum atomic E-state index is 12.0. The third-order valence-electron chi connectivity index (χ3n) is 2.83. The smallest absolute Gasteiger partial charge is 0.328 e. The van der Waals surface area contributed by atoms with E-state index >= 15 is 0 Å². The van der Waals surface area contributed by atoms with E-state index in [4.69, 9.17) is 5.11 Å². The summed E-state index contributed by atoms with van der Waals surface area (Å²) in [6.45, 7) is 7.29. The molecule has 0 radical (unpaired) electrons. The highest BCUT2D eigenvalue weighted by Gasteiger charge is 2.42. The quantitative estimate of drug-likeness (QED) is 0.593. The van der Waals surface area contributed by atoms with E-state index in [1.807, 2.05) is 6.92 Å². The topological polar surface area (TPSA) is 86.7 Å². The highest BCUT2D eigenvalue weighted by atomic mass is 16.4. The van der Waals surface area contributed by atoms with Crippen LogP contribution in [0.3, 0.4) is 0 Å². The van der Waals surface area contributed by atoms with Crippen LogP contribution in [0.2, 0.25) is 0 Å². The Balaban J connectivity index is 2.75. The third kappa shape index (κ3) is 3.81. The standard InChI is InChI=1S/C14H18N2O4/c1-4-5-6-11(9(2)3)15-14(20)16-10(7-12(16)17)8-13(18)19/h4-6,10H,2,7-8H2,1,3H3,(H,15,20)(H,18,19)/b5-4-,11-6+. The molecule has 1 atom stereocenters. The van der Waals surface area contributed by atoms with E-state index in [2.05, 4.69) is 11.9 Å². The van der Waals surface area contributed by atoms with Gasteiger partial charge in [0.1, 0.15) is 0 Å². The van der Waals surface area contributed by atoms with Crippen LogP contribution in [-0.4, -0.2) is 34.0 Å². The Morgan fingerprint density at radius 1 is 1.55 bits per heavy atom. The third-order valence-corrected chi connectivity index (χ3v) is 2.83. The summed E-state index contributed by atoms with van der Waals surface area (Å²) in [5.74, 6) is -1.41. The number of nitrogens with one attached hydrogen (secondary N) is 1. The number of hydrogen-bond acceptors (Lipinski definition) is 3. The average molecular weight is 278 g/mol. The van der Waals surface area contributed by atoms with Gasteiger partial charge < -0.3 is 10.4 Å². The maximum absolute atomic E-state index is 12.0. The monoisotopic (exact) mass is 278 g/mol. The second kappa shape index (κ2) is 6.70. The molecule has 1 heterocycles. The normalized spacial score (nSPS) is 18.9. The number of carboxylic acid groups (broad SMARTS) is 1. The van der Waals surface area contributed by atoms with Crippen molar-refractivity contribution < 1.29 is 19.5 Å². The summed E-state index contributed by atoms with van der Waals surface area (Å²) in [6.07, 6.45) is 5.03. The molecular formula is C14H18N2O4. The first-order valence-electron chi connectivity index (χ1n) is 6.20. The van der Waals surface area contributed by atoms with Crippen molar-refractivity contribution >= 4 is 17.9 Å². The molecule has 1 saturated heterocycles. The molecule has 0 aromatic heterocycles. The minimum absolute atomic E-state index is 0.0840. The Hall–Kier alpha value is -2.37. The Labute approximate surface area is 117 Å². The minimum atomic E-state index is -1.04. The zero-order valence-electron chi connectivity index (χ0n) is 11.5. The predicted molar refractivity (Wildman–Crippen MR) is 73.7 cm³/mol. The highest BCUT2D eigenvalue weighted by molar-refractivity contribution is 6.01. The molecule has 1 unspecified atom stereocenters. The molecule has 6 nitrogen and oxygen atoms in total. The van der Waals surface area contributed by atoms with Crippen molar-refractivity contribution in [3.8, 4) is 0 Å². The summed E-state index contributed by atoms with van der Waals surface area (Å²) >= 11 is 0. The summed E-state index contributed by atoms with van der Waals surface area (Å²) in [5.41, 5.74) is 1.13. The van der Waals surface area contributed by atoms with E-state index in [1.54, 1.807) is 25.2 Å². The van der Waals surface area contributed by atoms with E-state index < -0.39 is 18.0 Å².